The van der Waals surface area contributed by atoms with Gasteiger partial charge in [0.2, 0.25) is 16.1 Å². The number of nitrogens with zero attached hydrogens (tertiary/aromatic N) is 2. The molecule has 7 nitrogen and oxygen atoms in total. The molecule has 1 aliphatic heterocycles. The van der Waals surface area contributed by atoms with E-state index in [1.807, 2.05) is 19.9 Å². The molecule has 3 rings (SSSR count). The summed E-state index contributed by atoms with van der Waals surface area (Å²) in [5.74, 6) is -1.05. The number of amides is 1. The van der Waals surface area contributed by atoms with Crippen LogP contribution in [0.2, 0.25) is 0 Å². The first-order valence-corrected chi connectivity index (χ1v) is 13.0. The lowest BCUT2D eigenvalue weighted by molar-refractivity contribution is -0.140. The highest BCUT2D eigenvalue weighted by Gasteiger charge is 2.30. The van der Waals surface area contributed by atoms with E-state index in [-0.39, 0.29) is 16.4 Å². The molecule has 0 saturated carbocycles. The molecule has 33 heavy (non-hydrogen) atoms. The predicted octanol–water partition coefficient (Wildman–Crippen LogP) is 4.02. The van der Waals surface area contributed by atoms with Crippen LogP contribution in [0.5, 0.6) is 0 Å². The first-order valence-electron chi connectivity index (χ1n) is 11.5. The number of carbonyl (C=O) groups is 2. The number of ether oxygens (including phenoxy) is 1. The van der Waals surface area contributed by atoms with Gasteiger partial charge >= 0.3 is 5.97 Å². The quantitative estimate of drug-likeness (QED) is 0.542. The highest BCUT2D eigenvalue weighted by atomic mass is 32.2. The Hall–Kier alpha value is -2.71. The van der Waals surface area contributed by atoms with Crippen molar-refractivity contribution in [2.24, 2.45) is 0 Å². The number of rotatable bonds is 8. The third-order valence-electron chi connectivity index (χ3n) is 5.90. The number of benzene rings is 2. The van der Waals surface area contributed by atoms with Crippen LogP contribution in [0.1, 0.15) is 61.6 Å². The van der Waals surface area contributed by atoms with Crippen LogP contribution in [0.3, 0.4) is 0 Å². The fraction of sp³-hybridized carbons (Fsp3) is 0.440. The zero-order valence-electron chi connectivity index (χ0n) is 19.3. The highest BCUT2D eigenvalue weighted by Crippen LogP contribution is 2.25. The molecule has 1 heterocycles. The van der Waals surface area contributed by atoms with Crippen LogP contribution in [-0.4, -0.2) is 55.7 Å². The van der Waals surface area contributed by atoms with Crippen molar-refractivity contribution < 1.29 is 22.7 Å². The SMILES string of the molecule is CCN(CC)C(=O)C(OC(=O)c1cccc(S(=O)(=O)N2CCCCCC2)c1)c1ccccc1. The molecule has 1 unspecified atom stereocenters. The van der Waals surface area contributed by atoms with E-state index in [0.29, 0.717) is 31.7 Å². The van der Waals surface area contributed by atoms with E-state index >= 15 is 0 Å². The minimum Gasteiger partial charge on any atom is -0.444 e. The molecular weight excluding hydrogens is 440 g/mol. The maximum absolute atomic E-state index is 13.1. The molecule has 178 valence electrons. The second-order valence-corrected chi connectivity index (χ2v) is 9.99. The number of carbonyl (C=O) groups excluding carboxylic acids is 2. The topological polar surface area (TPSA) is 84.0 Å². The lowest BCUT2D eigenvalue weighted by Crippen LogP contribution is -2.36. The summed E-state index contributed by atoms with van der Waals surface area (Å²) in [5.41, 5.74) is 0.662. The van der Waals surface area contributed by atoms with Gasteiger partial charge in [0.25, 0.3) is 5.91 Å². The summed E-state index contributed by atoms with van der Waals surface area (Å²) in [4.78, 5) is 27.8. The molecule has 2 aromatic rings. The lowest BCUT2D eigenvalue weighted by atomic mass is 10.1. The zero-order chi connectivity index (χ0) is 23.8. The van der Waals surface area contributed by atoms with Gasteiger partial charge in [-0.15, -0.1) is 0 Å². The zero-order valence-corrected chi connectivity index (χ0v) is 20.1. The predicted molar refractivity (Wildman–Crippen MR) is 126 cm³/mol. The maximum Gasteiger partial charge on any atom is 0.339 e. The van der Waals surface area contributed by atoms with Crippen molar-refractivity contribution in [1.29, 1.82) is 0 Å². The molecule has 0 bridgehead atoms. The van der Waals surface area contributed by atoms with Crippen molar-refractivity contribution >= 4 is 21.9 Å². The molecule has 1 atom stereocenters. The van der Waals surface area contributed by atoms with Crippen molar-refractivity contribution in [2.45, 2.75) is 50.5 Å². The number of esters is 1. The van der Waals surface area contributed by atoms with E-state index in [4.69, 9.17) is 4.74 Å². The second kappa shape index (κ2) is 11.4. The Balaban J connectivity index is 1.86. The average Bonchev–Trinajstić information content (AvgIpc) is 3.14. The van der Waals surface area contributed by atoms with Crippen molar-refractivity contribution in [3.63, 3.8) is 0 Å². The molecule has 0 radical (unpaired) electrons. The lowest BCUT2D eigenvalue weighted by Gasteiger charge is -2.25. The summed E-state index contributed by atoms with van der Waals surface area (Å²) < 4.78 is 33.4. The summed E-state index contributed by atoms with van der Waals surface area (Å²) in [5, 5.41) is 0. The molecule has 1 aliphatic rings. The Labute approximate surface area is 196 Å². The standard InChI is InChI=1S/C25H32N2O5S/c1-3-26(4-2)24(28)23(20-13-8-7-9-14-20)32-25(29)21-15-12-16-22(19-21)33(30,31)27-17-10-5-6-11-18-27/h7-9,12-16,19,23H,3-6,10-11,17-18H2,1-2H3. The summed E-state index contributed by atoms with van der Waals surface area (Å²) in [7, 11) is -3.71. The first kappa shape index (κ1) is 24.9. The molecular formula is C25H32N2O5S. The van der Waals surface area contributed by atoms with Gasteiger partial charge in [-0.3, -0.25) is 4.79 Å². The van der Waals surface area contributed by atoms with Gasteiger partial charge < -0.3 is 9.64 Å². The average molecular weight is 473 g/mol. The van der Waals surface area contributed by atoms with Crippen molar-refractivity contribution in [1.82, 2.24) is 9.21 Å². The van der Waals surface area contributed by atoms with Crippen LogP contribution in [0, 0.1) is 0 Å². The Morgan fingerprint density at radius 1 is 0.939 bits per heavy atom. The molecule has 0 aliphatic carbocycles. The third kappa shape index (κ3) is 6.00. The van der Waals surface area contributed by atoms with Crippen molar-refractivity contribution in [3.8, 4) is 0 Å². The highest BCUT2D eigenvalue weighted by molar-refractivity contribution is 7.89. The monoisotopic (exact) mass is 472 g/mol. The fourth-order valence-electron chi connectivity index (χ4n) is 3.98. The number of hydrogen-bond donors (Lipinski definition) is 0. The van der Waals surface area contributed by atoms with Gasteiger partial charge in [-0.1, -0.05) is 49.2 Å². The van der Waals surface area contributed by atoms with E-state index in [1.54, 1.807) is 29.2 Å². The van der Waals surface area contributed by atoms with E-state index in [2.05, 4.69) is 0 Å². The van der Waals surface area contributed by atoms with Gasteiger partial charge in [0.05, 0.1) is 10.5 Å². The Morgan fingerprint density at radius 2 is 1.58 bits per heavy atom. The largest absolute Gasteiger partial charge is 0.444 e. The van der Waals surface area contributed by atoms with E-state index in [1.165, 1.54) is 28.6 Å². The Bertz CT molecular complexity index is 1040. The van der Waals surface area contributed by atoms with Crippen molar-refractivity contribution in [2.75, 3.05) is 26.2 Å². The molecule has 0 spiro atoms. The summed E-state index contributed by atoms with van der Waals surface area (Å²) in [6.07, 6.45) is 2.57. The second-order valence-electron chi connectivity index (χ2n) is 8.05. The van der Waals surface area contributed by atoms with E-state index < -0.39 is 22.1 Å². The summed E-state index contributed by atoms with van der Waals surface area (Å²) in [6, 6.07) is 14.7. The van der Waals surface area contributed by atoms with Crippen LogP contribution in [-0.2, 0) is 19.6 Å². The summed E-state index contributed by atoms with van der Waals surface area (Å²) >= 11 is 0. The smallest absolute Gasteiger partial charge is 0.339 e. The third-order valence-corrected chi connectivity index (χ3v) is 7.79. The van der Waals surface area contributed by atoms with Gasteiger partial charge in [-0.05, 0) is 44.9 Å². The molecule has 1 amide bonds. The molecule has 1 fully saturated rings. The minimum absolute atomic E-state index is 0.0604. The van der Waals surface area contributed by atoms with E-state index in [0.717, 1.165) is 25.7 Å². The van der Waals surface area contributed by atoms with Gasteiger partial charge in [0, 0.05) is 31.7 Å². The first-order chi connectivity index (χ1) is 15.9. The van der Waals surface area contributed by atoms with Crippen molar-refractivity contribution in [3.05, 3.63) is 65.7 Å². The van der Waals surface area contributed by atoms with Crippen LogP contribution in [0.4, 0.5) is 0 Å². The normalized spacial score (nSPS) is 15.9. The van der Waals surface area contributed by atoms with Crippen LogP contribution < -0.4 is 0 Å². The number of likely N-dealkylation sites (N-methyl/N-ethyl adjacent to an activating group) is 1. The number of sulfonamides is 1. The fourth-order valence-corrected chi connectivity index (χ4v) is 5.54. The molecule has 0 aromatic heterocycles. The van der Waals surface area contributed by atoms with Crippen LogP contribution in [0.25, 0.3) is 0 Å². The Morgan fingerprint density at radius 3 is 2.18 bits per heavy atom. The van der Waals surface area contributed by atoms with Crippen LogP contribution >= 0.6 is 0 Å². The minimum atomic E-state index is -3.71. The molecule has 8 heteroatoms. The molecule has 0 N–H and O–H groups in total. The van der Waals surface area contributed by atoms with Gasteiger partial charge in [-0.25, -0.2) is 13.2 Å². The Kier molecular flexibility index (Phi) is 8.63. The molecule has 2 aromatic carbocycles. The molecule has 1 saturated heterocycles. The number of hydrogen-bond acceptors (Lipinski definition) is 5. The maximum atomic E-state index is 13.1. The van der Waals surface area contributed by atoms with Gasteiger partial charge in [0.15, 0.2) is 0 Å². The van der Waals surface area contributed by atoms with E-state index in [9.17, 15) is 18.0 Å². The van der Waals surface area contributed by atoms with Crippen LogP contribution in [0.15, 0.2) is 59.5 Å². The summed E-state index contributed by atoms with van der Waals surface area (Å²) in [6.45, 7) is 5.65. The van der Waals surface area contributed by atoms with Gasteiger partial charge in [0.1, 0.15) is 0 Å². The van der Waals surface area contributed by atoms with Gasteiger partial charge in [-0.2, -0.15) is 4.31 Å².